The number of carbonyl (C=O) groups excluding carboxylic acids is 1. The summed E-state index contributed by atoms with van der Waals surface area (Å²) in [6, 6.07) is 5.22. The van der Waals surface area contributed by atoms with Crippen LogP contribution >= 0.6 is 23.4 Å². The van der Waals surface area contributed by atoms with Crippen molar-refractivity contribution in [1.82, 2.24) is 15.2 Å². The Hall–Kier alpha value is -2.58. The lowest BCUT2D eigenvalue weighted by Gasteiger charge is -2.09. The maximum absolute atomic E-state index is 12.0. The van der Waals surface area contributed by atoms with E-state index >= 15 is 0 Å². The van der Waals surface area contributed by atoms with Crippen LogP contribution in [0.25, 0.3) is 10.9 Å². The highest BCUT2D eigenvalue weighted by atomic mass is 35.5. The quantitative estimate of drug-likeness (QED) is 0.263. The maximum atomic E-state index is 12.0. The molecule has 1 aromatic heterocycles. The first-order valence-corrected chi connectivity index (χ1v) is 10.7. The number of amides is 2. The molecule has 9 heteroatoms. The molecule has 2 amide bonds. The van der Waals surface area contributed by atoms with Crippen molar-refractivity contribution in [1.29, 1.82) is 0 Å². The van der Waals surface area contributed by atoms with Gasteiger partial charge in [0.05, 0.1) is 11.2 Å². The molecular weight excluding hydrogens is 424 g/mol. The van der Waals surface area contributed by atoms with Gasteiger partial charge in [-0.3, -0.25) is 4.79 Å². The van der Waals surface area contributed by atoms with Gasteiger partial charge in [-0.25, -0.2) is 4.79 Å². The van der Waals surface area contributed by atoms with E-state index in [2.05, 4.69) is 22.5 Å². The third-order valence-electron chi connectivity index (χ3n) is 3.89. The summed E-state index contributed by atoms with van der Waals surface area (Å²) in [4.78, 5) is 25.3. The Morgan fingerprint density at radius 1 is 1.37 bits per heavy atom. The Bertz CT molecular complexity index is 925. The summed E-state index contributed by atoms with van der Waals surface area (Å²) in [5, 5.41) is 18.7. The fourth-order valence-electron chi connectivity index (χ4n) is 2.78. The number of hydrogen-bond donors (Lipinski definition) is 4. The Morgan fingerprint density at radius 2 is 2.03 bits per heavy atom. The van der Waals surface area contributed by atoms with Gasteiger partial charge in [0.15, 0.2) is 0 Å². The molecule has 4 N–H and O–H groups in total. The number of aliphatic carboxylic acids is 1. The van der Waals surface area contributed by atoms with Crippen molar-refractivity contribution < 1.29 is 14.7 Å². The van der Waals surface area contributed by atoms with E-state index < -0.39 is 5.97 Å². The van der Waals surface area contributed by atoms with Crippen molar-refractivity contribution >= 4 is 52.0 Å². The number of urea groups is 1. The molecule has 0 spiro atoms. The van der Waals surface area contributed by atoms with Gasteiger partial charge in [-0.1, -0.05) is 23.9 Å². The number of carboxylic acids is 1. The minimum absolute atomic E-state index is 0.137. The number of halogens is 1. The van der Waals surface area contributed by atoms with Gasteiger partial charge in [0.1, 0.15) is 6.54 Å². The second-order valence-corrected chi connectivity index (χ2v) is 7.73. The van der Waals surface area contributed by atoms with E-state index in [-0.39, 0.29) is 12.6 Å². The number of anilines is 1. The van der Waals surface area contributed by atoms with E-state index in [0.717, 1.165) is 26.4 Å². The zero-order chi connectivity index (χ0) is 22.7. The number of carboxylic acid groups (broad SMARTS) is 1. The van der Waals surface area contributed by atoms with Crippen LogP contribution < -0.4 is 16.0 Å². The van der Waals surface area contributed by atoms with Crippen LogP contribution in [0, 0.1) is 6.92 Å². The lowest BCUT2D eigenvalue weighted by Crippen LogP contribution is -2.28. The SMILES string of the molecule is C=CCCl.CCNC(=O)Nc1cccc2c1c(S/C(C)=C/NC)c(C)n2CC(=O)O. The molecule has 1 heterocycles. The summed E-state index contributed by atoms with van der Waals surface area (Å²) in [7, 11) is 1.83. The molecular formula is C21H29ClN4O3S. The van der Waals surface area contributed by atoms with E-state index in [1.165, 1.54) is 11.8 Å². The van der Waals surface area contributed by atoms with Gasteiger partial charge in [0.2, 0.25) is 0 Å². The van der Waals surface area contributed by atoms with Gasteiger partial charge in [0.25, 0.3) is 0 Å². The van der Waals surface area contributed by atoms with Crippen LogP contribution in [-0.2, 0) is 11.3 Å². The predicted octanol–water partition coefficient (Wildman–Crippen LogP) is 4.76. The number of benzene rings is 1. The number of nitrogens with one attached hydrogen (secondary N) is 3. The van der Waals surface area contributed by atoms with Crippen LogP contribution in [0.15, 0.2) is 46.9 Å². The summed E-state index contributed by atoms with van der Waals surface area (Å²) in [5.74, 6) is -0.355. The lowest BCUT2D eigenvalue weighted by molar-refractivity contribution is -0.137. The second kappa shape index (κ2) is 12.9. The van der Waals surface area contributed by atoms with Crippen molar-refractivity contribution in [2.24, 2.45) is 0 Å². The fourth-order valence-corrected chi connectivity index (χ4v) is 3.85. The monoisotopic (exact) mass is 452 g/mol. The molecule has 0 aliphatic rings. The van der Waals surface area contributed by atoms with Crippen LogP contribution in [0.5, 0.6) is 0 Å². The lowest BCUT2D eigenvalue weighted by atomic mass is 10.2. The molecule has 1 aromatic carbocycles. The second-order valence-electron chi connectivity index (χ2n) is 6.17. The highest BCUT2D eigenvalue weighted by Crippen LogP contribution is 2.41. The van der Waals surface area contributed by atoms with Crippen molar-refractivity contribution in [2.45, 2.75) is 32.2 Å². The van der Waals surface area contributed by atoms with Gasteiger partial charge >= 0.3 is 12.0 Å². The minimum Gasteiger partial charge on any atom is -0.480 e. The zero-order valence-electron chi connectivity index (χ0n) is 17.7. The highest BCUT2D eigenvalue weighted by molar-refractivity contribution is 8.03. The first-order valence-electron chi connectivity index (χ1n) is 9.37. The maximum Gasteiger partial charge on any atom is 0.323 e. The first-order chi connectivity index (χ1) is 14.3. The third kappa shape index (κ3) is 7.03. The fraction of sp³-hybridized carbons (Fsp3) is 0.333. The molecule has 0 saturated heterocycles. The Labute approximate surface area is 186 Å². The van der Waals surface area contributed by atoms with Crippen LogP contribution in [0.2, 0.25) is 0 Å². The number of aromatic nitrogens is 1. The summed E-state index contributed by atoms with van der Waals surface area (Å²) in [5.41, 5.74) is 2.28. The van der Waals surface area contributed by atoms with Crippen molar-refractivity contribution in [3.63, 3.8) is 0 Å². The van der Waals surface area contributed by atoms with Crippen LogP contribution in [0.3, 0.4) is 0 Å². The van der Waals surface area contributed by atoms with Gasteiger partial charge in [-0.05, 0) is 32.9 Å². The van der Waals surface area contributed by atoms with Crippen molar-refractivity contribution in [3.05, 3.63) is 47.7 Å². The summed E-state index contributed by atoms with van der Waals surface area (Å²) >= 11 is 6.61. The van der Waals surface area contributed by atoms with E-state index in [0.29, 0.717) is 18.1 Å². The Morgan fingerprint density at radius 3 is 2.57 bits per heavy atom. The number of carbonyl (C=O) groups is 2. The van der Waals surface area contributed by atoms with E-state index in [4.69, 9.17) is 11.6 Å². The largest absolute Gasteiger partial charge is 0.480 e. The first kappa shape index (κ1) is 25.5. The Kier molecular flexibility index (Phi) is 10.9. The zero-order valence-corrected chi connectivity index (χ0v) is 19.3. The van der Waals surface area contributed by atoms with Crippen LogP contribution in [0.4, 0.5) is 10.5 Å². The van der Waals surface area contributed by atoms with E-state index in [1.54, 1.807) is 10.6 Å². The average Bonchev–Trinajstić information content (AvgIpc) is 2.95. The number of thioether (sulfide) groups is 1. The third-order valence-corrected chi connectivity index (χ3v) is 5.25. The number of alkyl halides is 1. The van der Waals surface area contributed by atoms with Crippen LogP contribution in [-0.4, -0.2) is 41.1 Å². The van der Waals surface area contributed by atoms with E-state index in [9.17, 15) is 14.7 Å². The number of hydrogen-bond acceptors (Lipinski definition) is 4. The summed E-state index contributed by atoms with van der Waals surface area (Å²) in [6.45, 7) is 9.45. The van der Waals surface area contributed by atoms with Crippen molar-refractivity contribution in [2.75, 3.05) is 24.8 Å². The molecule has 164 valence electrons. The molecule has 0 aliphatic carbocycles. The minimum atomic E-state index is -0.911. The molecule has 0 fully saturated rings. The van der Waals surface area contributed by atoms with Crippen molar-refractivity contribution in [3.8, 4) is 0 Å². The molecule has 0 radical (unpaired) electrons. The summed E-state index contributed by atoms with van der Waals surface area (Å²) < 4.78 is 1.76. The van der Waals surface area contributed by atoms with Gasteiger partial charge in [0, 0.05) is 46.6 Å². The molecule has 0 aliphatic heterocycles. The predicted molar refractivity (Wildman–Crippen MR) is 127 cm³/mol. The number of fused-ring (bicyclic) bond motifs is 1. The molecule has 2 aromatic rings. The van der Waals surface area contributed by atoms with Crippen LogP contribution in [0.1, 0.15) is 19.5 Å². The smallest absolute Gasteiger partial charge is 0.323 e. The topological polar surface area (TPSA) is 95.4 Å². The molecule has 7 nitrogen and oxygen atoms in total. The molecule has 0 bridgehead atoms. The average molecular weight is 453 g/mol. The Balaban J connectivity index is 0.00000103. The number of allylic oxidation sites excluding steroid dienone is 2. The highest BCUT2D eigenvalue weighted by Gasteiger charge is 2.20. The molecule has 2 rings (SSSR count). The normalized spacial score (nSPS) is 10.8. The number of nitrogens with zero attached hydrogens (tertiary/aromatic N) is 1. The molecule has 0 saturated carbocycles. The number of rotatable bonds is 8. The molecule has 30 heavy (non-hydrogen) atoms. The molecule has 0 atom stereocenters. The van der Waals surface area contributed by atoms with Gasteiger partial charge in [-0.15, -0.1) is 18.2 Å². The van der Waals surface area contributed by atoms with E-state index in [1.807, 2.05) is 52.2 Å². The van der Waals surface area contributed by atoms with Gasteiger partial charge < -0.3 is 25.6 Å². The van der Waals surface area contributed by atoms with Gasteiger partial charge in [-0.2, -0.15) is 0 Å². The summed E-state index contributed by atoms with van der Waals surface area (Å²) in [6.07, 6.45) is 3.52. The standard InChI is InChI=1S/C18H24N4O3S.C3H5Cl/c1-5-20-18(25)21-13-7-6-8-14-16(13)17(26-11(2)9-19-4)12(3)22(14)10-15(23)24;1-2-3-4/h6-9,19H,5,10H2,1-4H3,(H,23,24)(H2,20,21,25);2H,1,3H2/b11-9+;. The molecule has 0 unspecified atom stereocenters.